The summed E-state index contributed by atoms with van der Waals surface area (Å²) >= 11 is 0. The lowest BCUT2D eigenvalue weighted by molar-refractivity contribution is -0.915. The standard InChI is InChI=1S/C20H31N3O4S/c1-4-23(18-9-14-28(25,26)15-18)20(24)16(2)21-10-12-22(13-11-21)17-5-7-19(27-3)8-6-17/h5-8,16,18H,4,9-15H2,1-3H3/p+1/t16-,18-/m0/s1. The van der Waals surface area contributed by atoms with Crippen molar-refractivity contribution in [1.82, 2.24) is 4.90 Å². The fourth-order valence-electron chi connectivity index (χ4n) is 4.32. The molecule has 2 atom stereocenters. The first-order valence-electron chi connectivity index (χ1n) is 10.1. The number of amides is 1. The molecule has 7 nitrogen and oxygen atoms in total. The molecule has 0 bridgehead atoms. The number of hydrogen-bond donors (Lipinski definition) is 1. The van der Waals surface area contributed by atoms with E-state index in [9.17, 15) is 13.2 Å². The van der Waals surface area contributed by atoms with Crippen LogP contribution in [-0.2, 0) is 14.6 Å². The molecule has 28 heavy (non-hydrogen) atoms. The summed E-state index contributed by atoms with van der Waals surface area (Å²) < 4.78 is 28.8. The van der Waals surface area contributed by atoms with Crippen molar-refractivity contribution in [3.63, 3.8) is 0 Å². The monoisotopic (exact) mass is 410 g/mol. The van der Waals surface area contributed by atoms with Gasteiger partial charge in [0, 0.05) is 18.3 Å². The Morgan fingerprint density at radius 1 is 1.29 bits per heavy atom. The van der Waals surface area contributed by atoms with Crippen molar-refractivity contribution in [2.75, 3.05) is 56.2 Å². The second-order valence-corrected chi connectivity index (χ2v) is 9.97. The van der Waals surface area contributed by atoms with Gasteiger partial charge in [0.1, 0.15) is 5.75 Å². The summed E-state index contributed by atoms with van der Waals surface area (Å²) in [4.78, 5) is 18.5. The summed E-state index contributed by atoms with van der Waals surface area (Å²) in [6, 6.07) is 7.76. The Morgan fingerprint density at radius 2 is 1.93 bits per heavy atom. The molecule has 8 heteroatoms. The summed E-state index contributed by atoms with van der Waals surface area (Å²) in [5.74, 6) is 1.24. The number of anilines is 1. The molecule has 0 spiro atoms. The highest BCUT2D eigenvalue weighted by Crippen LogP contribution is 2.20. The van der Waals surface area contributed by atoms with Crippen LogP contribution in [0.15, 0.2) is 24.3 Å². The van der Waals surface area contributed by atoms with Gasteiger partial charge in [-0.15, -0.1) is 0 Å². The van der Waals surface area contributed by atoms with Crippen LogP contribution in [0.2, 0.25) is 0 Å². The maximum absolute atomic E-state index is 13.1. The number of piperazine rings is 1. The van der Waals surface area contributed by atoms with E-state index in [1.165, 1.54) is 10.6 Å². The van der Waals surface area contributed by atoms with Gasteiger partial charge in [0.25, 0.3) is 5.91 Å². The van der Waals surface area contributed by atoms with Gasteiger partial charge in [-0.2, -0.15) is 0 Å². The summed E-state index contributed by atoms with van der Waals surface area (Å²) in [6.07, 6.45) is 0.565. The highest BCUT2D eigenvalue weighted by atomic mass is 32.2. The van der Waals surface area contributed by atoms with Crippen LogP contribution >= 0.6 is 0 Å². The lowest BCUT2D eigenvalue weighted by Crippen LogP contribution is -3.19. The quantitative estimate of drug-likeness (QED) is 0.705. The molecule has 2 heterocycles. The zero-order chi connectivity index (χ0) is 20.3. The smallest absolute Gasteiger partial charge is 0.280 e. The molecule has 1 amide bonds. The highest BCUT2D eigenvalue weighted by molar-refractivity contribution is 7.91. The predicted molar refractivity (Wildman–Crippen MR) is 110 cm³/mol. The van der Waals surface area contributed by atoms with Gasteiger partial charge in [0.05, 0.1) is 44.8 Å². The Balaban J connectivity index is 1.57. The number of rotatable bonds is 6. The van der Waals surface area contributed by atoms with Crippen LogP contribution in [0.3, 0.4) is 0 Å². The van der Waals surface area contributed by atoms with E-state index in [0.29, 0.717) is 13.0 Å². The Morgan fingerprint density at radius 3 is 2.43 bits per heavy atom. The maximum atomic E-state index is 13.1. The van der Waals surface area contributed by atoms with Gasteiger partial charge in [0.2, 0.25) is 0 Å². The van der Waals surface area contributed by atoms with Gasteiger partial charge in [-0.3, -0.25) is 4.79 Å². The van der Waals surface area contributed by atoms with Gasteiger partial charge in [0.15, 0.2) is 15.9 Å². The molecule has 1 N–H and O–H groups in total. The van der Waals surface area contributed by atoms with Crippen molar-refractivity contribution < 1.29 is 22.8 Å². The second-order valence-electron chi connectivity index (χ2n) is 7.75. The molecular formula is C20H32N3O4S+. The largest absolute Gasteiger partial charge is 0.497 e. The van der Waals surface area contributed by atoms with Gasteiger partial charge < -0.3 is 19.4 Å². The minimum Gasteiger partial charge on any atom is -0.497 e. The first-order valence-corrected chi connectivity index (χ1v) is 11.9. The van der Waals surface area contributed by atoms with Crippen LogP contribution in [0.1, 0.15) is 20.3 Å². The Kier molecular flexibility index (Phi) is 6.50. The molecule has 0 aliphatic carbocycles. The number of ether oxygens (including phenoxy) is 1. The molecule has 0 saturated carbocycles. The third-order valence-corrected chi connectivity index (χ3v) is 7.85. The van der Waals surface area contributed by atoms with Crippen LogP contribution in [0.25, 0.3) is 0 Å². The fraction of sp³-hybridized carbons (Fsp3) is 0.650. The molecule has 0 aromatic heterocycles. The first-order chi connectivity index (χ1) is 13.3. The zero-order valence-electron chi connectivity index (χ0n) is 17.1. The molecule has 2 aliphatic rings. The number of carbonyl (C=O) groups excluding carboxylic acids is 1. The summed E-state index contributed by atoms with van der Waals surface area (Å²) in [6.45, 7) is 8.04. The van der Waals surface area contributed by atoms with E-state index in [-0.39, 0.29) is 29.5 Å². The molecule has 0 radical (unpaired) electrons. The van der Waals surface area contributed by atoms with Crippen LogP contribution in [0.5, 0.6) is 5.75 Å². The SMILES string of the molecule is CCN(C(=O)[C@H](C)[NH+]1CCN(c2ccc(OC)cc2)CC1)[C@H]1CCS(=O)(=O)C1. The number of quaternary nitrogens is 1. The van der Waals surface area contributed by atoms with E-state index in [1.54, 1.807) is 12.0 Å². The van der Waals surface area contributed by atoms with Crippen LogP contribution in [0.4, 0.5) is 5.69 Å². The Bertz CT molecular complexity index is 773. The van der Waals surface area contributed by atoms with Crippen molar-refractivity contribution in [2.24, 2.45) is 0 Å². The van der Waals surface area contributed by atoms with Crippen molar-refractivity contribution >= 4 is 21.4 Å². The van der Waals surface area contributed by atoms with Gasteiger partial charge in [-0.25, -0.2) is 8.42 Å². The minimum absolute atomic E-state index is 0.0810. The third-order valence-electron chi connectivity index (χ3n) is 6.10. The van der Waals surface area contributed by atoms with E-state index in [2.05, 4.69) is 17.0 Å². The third kappa shape index (κ3) is 4.60. The van der Waals surface area contributed by atoms with E-state index >= 15 is 0 Å². The number of sulfone groups is 1. The number of benzene rings is 1. The molecule has 1 aromatic rings. The van der Waals surface area contributed by atoms with Crippen molar-refractivity contribution in [2.45, 2.75) is 32.4 Å². The lowest BCUT2D eigenvalue weighted by atomic mass is 10.1. The molecule has 156 valence electrons. The van der Waals surface area contributed by atoms with Crippen LogP contribution in [-0.4, -0.2) is 82.6 Å². The van der Waals surface area contributed by atoms with Crippen molar-refractivity contribution in [3.05, 3.63) is 24.3 Å². The molecule has 1 aromatic carbocycles. The van der Waals surface area contributed by atoms with Gasteiger partial charge in [-0.05, 0) is 44.5 Å². The topological polar surface area (TPSA) is 71.4 Å². The Hall–Kier alpha value is -1.80. The highest BCUT2D eigenvalue weighted by Gasteiger charge is 2.38. The summed E-state index contributed by atoms with van der Waals surface area (Å²) in [5.41, 5.74) is 1.17. The molecular weight excluding hydrogens is 378 g/mol. The van der Waals surface area contributed by atoms with E-state index in [1.807, 2.05) is 26.0 Å². The van der Waals surface area contributed by atoms with E-state index < -0.39 is 9.84 Å². The first kappa shape index (κ1) is 20.9. The zero-order valence-corrected chi connectivity index (χ0v) is 17.9. The second kappa shape index (κ2) is 8.69. The average Bonchev–Trinajstić information content (AvgIpc) is 3.07. The lowest BCUT2D eigenvalue weighted by Gasteiger charge is -2.38. The minimum atomic E-state index is -2.99. The van der Waals surface area contributed by atoms with Gasteiger partial charge in [-0.1, -0.05) is 0 Å². The average molecular weight is 411 g/mol. The number of nitrogens with one attached hydrogen (secondary N) is 1. The molecule has 2 fully saturated rings. The van der Waals surface area contributed by atoms with Crippen LogP contribution in [0, 0.1) is 0 Å². The van der Waals surface area contributed by atoms with Crippen molar-refractivity contribution in [3.8, 4) is 5.75 Å². The fourth-order valence-corrected chi connectivity index (χ4v) is 6.05. The molecule has 0 unspecified atom stereocenters. The Labute approximate surface area is 168 Å². The molecule has 2 aliphatic heterocycles. The summed E-state index contributed by atoms with van der Waals surface area (Å²) in [7, 11) is -1.33. The number of likely N-dealkylation sites (N-methyl/N-ethyl adjacent to an activating group) is 1. The normalized spacial score (nSPS) is 23.4. The van der Waals surface area contributed by atoms with E-state index in [4.69, 9.17) is 4.74 Å². The number of nitrogens with zero attached hydrogens (tertiary/aromatic N) is 2. The summed E-state index contributed by atoms with van der Waals surface area (Å²) in [5, 5.41) is 0. The number of hydrogen-bond acceptors (Lipinski definition) is 5. The van der Waals surface area contributed by atoms with Crippen molar-refractivity contribution in [1.29, 1.82) is 0 Å². The maximum Gasteiger partial charge on any atom is 0.280 e. The molecule has 2 saturated heterocycles. The number of methoxy groups -OCH3 is 1. The van der Waals surface area contributed by atoms with Gasteiger partial charge >= 0.3 is 0 Å². The van der Waals surface area contributed by atoms with Crippen LogP contribution < -0.4 is 14.5 Å². The number of carbonyl (C=O) groups is 1. The van der Waals surface area contributed by atoms with E-state index in [0.717, 1.165) is 31.9 Å². The predicted octanol–water partition coefficient (Wildman–Crippen LogP) is -0.176. The molecule has 3 rings (SSSR count).